The highest BCUT2D eigenvalue weighted by Crippen LogP contribution is 2.36. The van der Waals surface area contributed by atoms with Gasteiger partial charge in [0.1, 0.15) is 0 Å². The second kappa shape index (κ2) is 11.8. The molecule has 0 radical (unpaired) electrons. The molecule has 5 rings (SSSR count). The Balaban J connectivity index is 1.18. The molecular formula is C29H35Cl2N3O4S. The third-order valence-corrected chi connectivity index (χ3v) is 10.2. The van der Waals surface area contributed by atoms with Gasteiger partial charge in [0.25, 0.3) is 5.91 Å². The maximum Gasteiger partial charge on any atom is 0.256 e. The van der Waals surface area contributed by atoms with Gasteiger partial charge in [-0.3, -0.25) is 9.59 Å². The number of hydrogen-bond donors (Lipinski definition) is 1. The number of halogens is 2. The lowest BCUT2D eigenvalue weighted by atomic mass is 10.0. The number of benzene rings is 2. The van der Waals surface area contributed by atoms with Crippen LogP contribution in [0.5, 0.6) is 0 Å². The number of likely N-dealkylation sites (tertiary alicyclic amines) is 2. The number of hydrogen-bond acceptors (Lipinski definition) is 5. The summed E-state index contributed by atoms with van der Waals surface area (Å²) in [7, 11) is -3.49. The lowest BCUT2D eigenvalue weighted by Crippen LogP contribution is -2.36. The zero-order chi connectivity index (χ0) is 27.7. The van der Waals surface area contributed by atoms with Crippen LogP contribution >= 0.6 is 23.2 Å². The van der Waals surface area contributed by atoms with Gasteiger partial charge in [-0.2, -0.15) is 0 Å². The first-order chi connectivity index (χ1) is 18.6. The fourth-order valence-electron chi connectivity index (χ4n) is 6.36. The van der Waals surface area contributed by atoms with Crippen molar-refractivity contribution >= 4 is 44.9 Å². The fourth-order valence-corrected chi connectivity index (χ4v) is 7.80. The molecule has 1 N–H and O–H groups in total. The van der Waals surface area contributed by atoms with Gasteiger partial charge in [-0.25, -0.2) is 8.42 Å². The Hall–Kier alpha value is -2.13. The minimum Gasteiger partial charge on any atom is -0.349 e. The molecule has 3 fully saturated rings. The standard InChI is InChI=1S/C29H35Cl2N3O4S/c1-39(37,38)23-13-24(30)27(25(31)14-23)29(36)34-17-21-15-33(16-22(21)18-34)12-11-26(19-7-3-2-4-8-19)32-28(35)20-9-5-6-10-20/h2-4,7-8,13-14,20-22,26H,5-6,9-12,15-18H2,1H3,(H,32,35)/t21?,22?,26-/m0/s1. The average Bonchev–Trinajstić information content (AvgIpc) is 3.63. The number of sulfone groups is 1. The van der Waals surface area contributed by atoms with E-state index in [-0.39, 0.29) is 44.3 Å². The molecule has 2 aliphatic heterocycles. The summed E-state index contributed by atoms with van der Waals surface area (Å²) < 4.78 is 23.8. The van der Waals surface area contributed by atoms with Gasteiger partial charge in [0.15, 0.2) is 9.84 Å². The Morgan fingerprint density at radius 1 is 0.974 bits per heavy atom. The van der Waals surface area contributed by atoms with Gasteiger partial charge < -0.3 is 15.1 Å². The summed E-state index contributed by atoms with van der Waals surface area (Å²) in [6, 6.07) is 12.8. The second-order valence-electron chi connectivity index (χ2n) is 11.3. The minimum absolute atomic E-state index is 0.00350. The summed E-state index contributed by atoms with van der Waals surface area (Å²) in [5.41, 5.74) is 1.29. The highest BCUT2D eigenvalue weighted by atomic mass is 35.5. The molecule has 10 heteroatoms. The molecule has 2 aromatic carbocycles. The van der Waals surface area contributed by atoms with E-state index in [1.54, 1.807) is 4.90 Å². The summed E-state index contributed by atoms with van der Waals surface area (Å²) in [5, 5.41) is 3.44. The minimum atomic E-state index is -3.49. The van der Waals surface area contributed by atoms with E-state index in [0.717, 1.165) is 63.6 Å². The fraction of sp³-hybridized carbons (Fsp3) is 0.517. The zero-order valence-corrected chi connectivity index (χ0v) is 24.4. The monoisotopic (exact) mass is 591 g/mol. The molecule has 0 bridgehead atoms. The molecule has 2 amide bonds. The lowest BCUT2D eigenvalue weighted by molar-refractivity contribution is -0.125. The number of nitrogens with zero attached hydrogens (tertiary/aromatic N) is 2. The van der Waals surface area contributed by atoms with E-state index in [1.165, 1.54) is 12.1 Å². The molecule has 3 atom stereocenters. The van der Waals surface area contributed by atoms with E-state index in [0.29, 0.717) is 24.9 Å². The molecule has 3 aliphatic rings. The van der Waals surface area contributed by atoms with Crippen LogP contribution in [0.4, 0.5) is 0 Å². The van der Waals surface area contributed by atoms with E-state index in [1.807, 2.05) is 18.2 Å². The van der Waals surface area contributed by atoms with E-state index in [2.05, 4.69) is 22.3 Å². The molecule has 1 saturated carbocycles. The Morgan fingerprint density at radius 2 is 1.56 bits per heavy atom. The van der Waals surface area contributed by atoms with Crippen LogP contribution in [-0.2, 0) is 14.6 Å². The van der Waals surface area contributed by atoms with Crippen molar-refractivity contribution in [3.63, 3.8) is 0 Å². The van der Waals surface area contributed by atoms with E-state index >= 15 is 0 Å². The smallest absolute Gasteiger partial charge is 0.256 e. The third-order valence-electron chi connectivity index (χ3n) is 8.49. The Morgan fingerprint density at radius 3 is 2.13 bits per heavy atom. The SMILES string of the molecule is CS(=O)(=O)c1cc(Cl)c(C(=O)N2CC3CN(CC[C@H](NC(=O)C4CCCC4)c4ccccc4)CC3C2)c(Cl)c1. The molecule has 2 aromatic rings. The van der Waals surface area contributed by atoms with Crippen molar-refractivity contribution in [2.24, 2.45) is 17.8 Å². The summed E-state index contributed by atoms with van der Waals surface area (Å²) in [6.45, 7) is 3.88. The lowest BCUT2D eigenvalue weighted by Gasteiger charge is -2.26. The van der Waals surface area contributed by atoms with Crippen LogP contribution in [0.1, 0.15) is 54.1 Å². The second-order valence-corrected chi connectivity index (χ2v) is 14.1. The Kier molecular flexibility index (Phi) is 8.57. The molecular weight excluding hydrogens is 557 g/mol. The van der Waals surface area contributed by atoms with Crippen molar-refractivity contribution in [2.75, 3.05) is 39.0 Å². The molecule has 210 valence electrons. The van der Waals surface area contributed by atoms with Crippen molar-refractivity contribution < 1.29 is 18.0 Å². The maximum atomic E-state index is 13.3. The topological polar surface area (TPSA) is 86.8 Å². The third kappa shape index (κ3) is 6.45. The zero-order valence-electron chi connectivity index (χ0n) is 22.1. The molecule has 1 aliphatic carbocycles. The van der Waals surface area contributed by atoms with Gasteiger partial charge >= 0.3 is 0 Å². The number of carbonyl (C=O) groups is 2. The highest BCUT2D eigenvalue weighted by Gasteiger charge is 2.42. The maximum absolute atomic E-state index is 13.3. The van der Waals surface area contributed by atoms with Crippen LogP contribution < -0.4 is 5.32 Å². The first-order valence-corrected chi connectivity index (χ1v) is 16.3. The number of rotatable bonds is 8. The van der Waals surface area contributed by atoms with Crippen molar-refractivity contribution in [2.45, 2.75) is 43.0 Å². The summed E-state index contributed by atoms with van der Waals surface area (Å²) >= 11 is 12.6. The molecule has 2 saturated heterocycles. The van der Waals surface area contributed by atoms with Crippen molar-refractivity contribution in [1.29, 1.82) is 0 Å². The van der Waals surface area contributed by atoms with Crippen LogP contribution in [-0.4, -0.2) is 69.0 Å². The summed E-state index contributed by atoms with van der Waals surface area (Å²) in [5.74, 6) is 0.756. The summed E-state index contributed by atoms with van der Waals surface area (Å²) in [6.07, 6.45) is 6.15. The summed E-state index contributed by atoms with van der Waals surface area (Å²) in [4.78, 5) is 30.4. The van der Waals surface area contributed by atoms with Crippen LogP contribution in [0.25, 0.3) is 0 Å². The van der Waals surface area contributed by atoms with Crippen LogP contribution in [0.2, 0.25) is 10.0 Å². The Labute approximate surface area is 240 Å². The van der Waals surface area contributed by atoms with E-state index in [4.69, 9.17) is 23.2 Å². The molecule has 7 nitrogen and oxygen atoms in total. The van der Waals surface area contributed by atoms with Crippen molar-refractivity contribution in [1.82, 2.24) is 15.1 Å². The van der Waals surface area contributed by atoms with E-state index < -0.39 is 9.84 Å². The number of amides is 2. The number of fused-ring (bicyclic) bond motifs is 1. The molecule has 2 unspecified atom stereocenters. The predicted molar refractivity (Wildman–Crippen MR) is 153 cm³/mol. The normalized spacial score (nSPS) is 22.7. The average molecular weight is 593 g/mol. The van der Waals surface area contributed by atoms with Gasteiger partial charge in [-0.15, -0.1) is 0 Å². The number of carbonyl (C=O) groups excluding carboxylic acids is 2. The molecule has 39 heavy (non-hydrogen) atoms. The largest absolute Gasteiger partial charge is 0.349 e. The van der Waals surface area contributed by atoms with E-state index in [9.17, 15) is 18.0 Å². The van der Waals surface area contributed by atoms with Crippen LogP contribution in [0.3, 0.4) is 0 Å². The van der Waals surface area contributed by atoms with Gasteiger partial charge in [-0.1, -0.05) is 66.4 Å². The van der Waals surface area contributed by atoms with Gasteiger partial charge in [0.05, 0.1) is 26.5 Å². The molecule has 0 spiro atoms. The van der Waals surface area contributed by atoms with Gasteiger partial charge in [0.2, 0.25) is 5.91 Å². The quantitative estimate of drug-likeness (QED) is 0.474. The van der Waals surface area contributed by atoms with Gasteiger partial charge in [-0.05, 0) is 48.8 Å². The van der Waals surface area contributed by atoms with Crippen LogP contribution in [0, 0.1) is 17.8 Å². The Bertz CT molecular complexity index is 1290. The molecule has 2 heterocycles. The molecule has 0 aromatic heterocycles. The van der Waals surface area contributed by atoms with Crippen LogP contribution in [0.15, 0.2) is 47.4 Å². The first kappa shape index (κ1) is 28.4. The highest BCUT2D eigenvalue weighted by molar-refractivity contribution is 7.90. The first-order valence-electron chi connectivity index (χ1n) is 13.7. The number of nitrogens with one attached hydrogen (secondary N) is 1. The van der Waals surface area contributed by atoms with Gasteiger partial charge in [0, 0.05) is 44.9 Å². The van der Waals surface area contributed by atoms with Crippen molar-refractivity contribution in [3.8, 4) is 0 Å². The predicted octanol–water partition coefficient (Wildman–Crippen LogP) is 4.84. The van der Waals surface area contributed by atoms with Crippen molar-refractivity contribution in [3.05, 3.63) is 63.6 Å².